The van der Waals surface area contributed by atoms with Crippen LogP contribution in [0.25, 0.3) is 0 Å². The predicted molar refractivity (Wildman–Crippen MR) is 95.0 cm³/mol. The Morgan fingerprint density at radius 1 is 1.54 bits per heavy atom. The van der Waals surface area contributed by atoms with Gasteiger partial charge in [-0.1, -0.05) is 32.1 Å². The third kappa shape index (κ3) is 4.12. The van der Waals surface area contributed by atoms with Gasteiger partial charge in [0.05, 0.1) is 11.8 Å². The Labute approximate surface area is 153 Å². The smallest absolute Gasteiger partial charge is 0.334 e. The molecule has 2 aliphatic rings. The molecule has 1 N–H and O–H groups in total. The van der Waals surface area contributed by atoms with Gasteiger partial charge in [0.15, 0.2) is 0 Å². The summed E-state index contributed by atoms with van der Waals surface area (Å²) in [4.78, 5) is 35.9. The van der Waals surface area contributed by atoms with Crippen LogP contribution < -0.4 is 0 Å². The van der Waals surface area contributed by atoms with Crippen LogP contribution in [0.5, 0.6) is 0 Å². The number of aldehydes is 1. The molecule has 0 saturated carbocycles. The van der Waals surface area contributed by atoms with Crippen LogP contribution in [0.2, 0.25) is 0 Å². The molecule has 0 aromatic carbocycles. The molecule has 0 amide bonds. The maximum absolute atomic E-state index is 12.4. The summed E-state index contributed by atoms with van der Waals surface area (Å²) in [6, 6.07) is 0. The van der Waals surface area contributed by atoms with Gasteiger partial charge in [0.2, 0.25) is 0 Å². The van der Waals surface area contributed by atoms with Crippen molar-refractivity contribution >= 4 is 18.2 Å². The standard InChI is InChI=1S/C20H26O6/c1-5-12(3)19(23)26-18-16-13(4)20(24)25-15(16)9-11(2)7-6-8-14(10-21)17(18)22/h8-10,12,15-18,22H,4-7H2,1-3H3/b11-9+,14-8-/t12-,15-,16+,17-,18+/m1/s1. The van der Waals surface area contributed by atoms with E-state index in [1.807, 2.05) is 13.8 Å². The number of aliphatic hydroxyl groups excluding tert-OH is 1. The molecule has 142 valence electrons. The lowest BCUT2D eigenvalue weighted by molar-refractivity contribution is -0.162. The van der Waals surface area contributed by atoms with Crippen molar-refractivity contribution in [2.45, 2.75) is 58.3 Å². The monoisotopic (exact) mass is 362 g/mol. The van der Waals surface area contributed by atoms with Gasteiger partial charge in [-0.25, -0.2) is 4.79 Å². The highest BCUT2D eigenvalue weighted by Gasteiger charge is 2.48. The lowest BCUT2D eigenvalue weighted by atomic mass is 9.83. The fourth-order valence-electron chi connectivity index (χ4n) is 3.14. The first-order chi connectivity index (χ1) is 12.3. The van der Waals surface area contributed by atoms with Crippen LogP contribution in [-0.4, -0.2) is 41.6 Å². The van der Waals surface area contributed by atoms with Crippen molar-refractivity contribution in [2.75, 3.05) is 0 Å². The Balaban J connectivity index is 2.48. The number of rotatable bonds is 4. The van der Waals surface area contributed by atoms with Crippen molar-refractivity contribution in [1.82, 2.24) is 0 Å². The molecule has 1 saturated heterocycles. The van der Waals surface area contributed by atoms with Crippen molar-refractivity contribution < 1.29 is 29.0 Å². The zero-order chi connectivity index (χ0) is 19.4. The lowest BCUT2D eigenvalue weighted by Crippen LogP contribution is -2.43. The first-order valence-electron chi connectivity index (χ1n) is 8.91. The van der Waals surface area contributed by atoms with Crippen molar-refractivity contribution in [1.29, 1.82) is 0 Å². The van der Waals surface area contributed by atoms with E-state index in [0.717, 1.165) is 5.57 Å². The number of hydrogen-bond donors (Lipinski definition) is 1. The van der Waals surface area contributed by atoms with Crippen LogP contribution in [0.3, 0.4) is 0 Å². The largest absolute Gasteiger partial charge is 0.458 e. The first-order valence-corrected chi connectivity index (χ1v) is 8.91. The molecular weight excluding hydrogens is 336 g/mol. The summed E-state index contributed by atoms with van der Waals surface area (Å²) in [6.07, 6.45) is 2.61. The van der Waals surface area contributed by atoms with Gasteiger partial charge in [-0.2, -0.15) is 0 Å². The minimum atomic E-state index is -1.36. The van der Waals surface area contributed by atoms with Crippen LogP contribution >= 0.6 is 0 Å². The molecule has 0 aromatic heterocycles. The fraction of sp³-hybridized carbons (Fsp3) is 0.550. The molecule has 0 bridgehead atoms. The average molecular weight is 362 g/mol. The van der Waals surface area contributed by atoms with Gasteiger partial charge in [0.25, 0.3) is 0 Å². The summed E-state index contributed by atoms with van der Waals surface area (Å²) < 4.78 is 10.9. The van der Waals surface area contributed by atoms with Gasteiger partial charge in [0.1, 0.15) is 24.6 Å². The fourth-order valence-corrected chi connectivity index (χ4v) is 3.14. The van der Waals surface area contributed by atoms with E-state index < -0.39 is 36.2 Å². The van der Waals surface area contributed by atoms with E-state index in [9.17, 15) is 19.5 Å². The highest BCUT2D eigenvalue weighted by atomic mass is 16.6. The molecule has 0 unspecified atom stereocenters. The van der Waals surface area contributed by atoms with E-state index in [1.54, 1.807) is 19.1 Å². The number of allylic oxidation sites excluding steroid dienone is 2. The number of esters is 2. The van der Waals surface area contributed by atoms with Crippen LogP contribution in [0.1, 0.15) is 40.0 Å². The summed E-state index contributed by atoms with van der Waals surface area (Å²) in [6.45, 7) is 9.24. The predicted octanol–water partition coefficient (Wildman–Crippen LogP) is 2.27. The summed E-state index contributed by atoms with van der Waals surface area (Å²) in [5, 5.41) is 10.8. The van der Waals surface area contributed by atoms with Crippen molar-refractivity contribution in [3.8, 4) is 0 Å². The summed E-state index contributed by atoms with van der Waals surface area (Å²) in [5.74, 6) is -2.20. The summed E-state index contributed by atoms with van der Waals surface area (Å²) >= 11 is 0. The average Bonchev–Trinajstić information content (AvgIpc) is 2.88. The second-order valence-corrected chi connectivity index (χ2v) is 6.95. The Hall–Kier alpha value is -2.21. The normalized spacial score (nSPS) is 34.5. The third-order valence-corrected chi connectivity index (χ3v) is 5.04. The second kappa shape index (κ2) is 8.45. The molecule has 6 heteroatoms. The van der Waals surface area contributed by atoms with Crippen molar-refractivity contribution in [2.24, 2.45) is 11.8 Å². The number of carbonyl (C=O) groups excluding carboxylic acids is 3. The zero-order valence-corrected chi connectivity index (χ0v) is 15.4. The molecule has 1 fully saturated rings. The number of ether oxygens (including phenoxy) is 2. The van der Waals surface area contributed by atoms with E-state index in [2.05, 4.69) is 6.58 Å². The Bertz CT molecular complexity index is 659. The Morgan fingerprint density at radius 2 is 2.23 bits per heavy atom. The van der Waals surface area contributed by atoms with Gasteiger partial charge in [-0.15, -0.1) is 0 Å². The van der Waals surface area contributed by atoms with Crippen molar-refractivity contribution in [3.63, 3.8) is 0 Å². The van der Waals surface area contributed by atoms with Gasteiger partial charge in [-0.05, 0) is 32.3 Å². The zero-order valence-electron chi connectivity index (χ0n) is 15.4. The van der Waals surface area contributed by atoms with Gasteiger partial charge >= 0.3 is 11.9 Å². The van der Waals surface area contributed by atoms with Crippen LogP contribution in [0, 0.1) is 11.8 Å². The third-order valence-electron chi connectivity index (χ3n) is 5.04. The van der Waals surface area contributed by atoms with Crippen LogP contribution in [0.15, 0.2) is 35.5 Å². The molecule has 1 aliphatic carbocycles. The van der Waals surface area contributed by atoms with Gasteiger partial charge in [0, 0.05) is 11.1 Å². The number of hydrogen-bond acceptors (Lipinski definition) is 6. The lowest BCUT2D eigenvalue weighted by Gasteiger charge is -2.31. The topological polar surface area (TPSA) is 89.9 Å². The van der Waals surface area contributed by atoms with E-state index in [-0.39, 0.29) is 17.1 Å². The molecular formula is C20H26O6. The maximum Gasteiger partial charge on any atom is 0.334 e. The SMILES string of the molecule is C=C1C(=O)O[C@@H]2/C=C(\C)CC/C=C(/C=O)[C@@H](O)[C@@H](OC(=O)[C@H](C)CC)[C@@H]12. The molecule has 26 heavy (non-hydrogen) atoms. The molecule has 6 nitrogen and oxygen atoms in total. The minimum Gasteiger partial charge on any atom is -0.458 e. The Kier molecular flexibility index (Phi) is 6.53. The molecule has 0 aromatic rings. The second-order valence-electron chi connectivity index (χ2n) is 6.95. The minimum absolute atomic E-state index is 0.130. The van der Waals surface area contributed by atoms with Crippen LogP contribution in [0.4, 0.5) is 0 Å². The highest BCUT2D eigenvalue weighted by Crippen LogP contribution is 2.36. The number of carbonyl (C=O) groups is 3. The summed E-state index contributed by atoms with van der Waals surface area (Å²) in [7, 11) is 0. The number of fused-ring (bicyclic) bond motifs is 1. The molecule has 5 atom stereocenters. The van der Waals surface area contributed by atoms with E-state index in [0.29, 0.717) is 25.5 Å². The molecule has 0 spiro atoms. The van der Waals surface area contributed by atoms with E-state index >= 15 is 0 Å². The van der Waals surface area contributed by atoms with E-state index in [1.165, 1.54) is 0 Å². The number of aliphatic hydroxyl groups is 1. The van der Waals surface area contributed by atoms with E-state index in [4.69, 9.17) is 9.47 Å². The molecule has 1 aliphatic heterocycles. The van der Waals surface area contributed by atoms with Gasteiger partial charge < -0.3 is 14.6 Å². The quantitative estimate of drug-likeness (QED) is 0.357. The van der Waals surface area contributed by atoms with Gasteiger partial charge in [-0.3, -0.25) is 9.59 Å². The first kappa shape index (κ1) is 20.1. The molecule has 0 radical (unpaired) electrons. The van der Waals surface area contributed by atoms with Crippen molar-refractivity contribution in [3.05, 3.63) is 35.5 Å². The molecule has 1 heterocycles. The highest BCUT2D eigenvalue weighted by molar-refractivity contribution is 5.91. The maximum atomic E-state index is 12.4. The van der Waals surface area contributed by atoms with Crippen LogP contribution in [-0.2, 0) is 23.9 Å². The Morgan fingerprint density at radius 3 is 2.85 bits per heavy atom. The molecule has 2 rings (SSSR count). The summed E-state index contributed by atoms with van der Waals surface area (Å²) in [5.41, 5.74) is 1.24.